The summed E-state index contributed by atoms with van der Waals surface area (Å²) in [5, 5.41) is 1.67. The van der Waals surface area contributed by atoms with Gasteiger partial charge in [-0.2, -0.15) is 9.69 Å². The fourth-order valence-corrected chi connectivity index (χ4v) is 4.89. The second-order valence-corrected chi connectivity index (χ2v) is 9.34. The van der Waals surface area contributed by atoms with Gasteiger partial charge in [0, 0.05) is 11.1 Å². The molecular weight excluding hydrogens is 532 g/mol. The van der Waals surface area contributed by atoms with E-state index >= 15 is 0 Å². The number of benzene rings is 4. The Morgan fingerprint density at radius 3 is 1.93 bits per heavy atom. The smallest absolute Gasteiger partial charge is 0.297 e. The quantitative estimate of drug-likeness (QED) is 0.259. The van der Waals surface area contributed by atoms with Crippen molar-refractivity contribution in [3.05, 3.63) is 124 Å². The number of para-hydroxylation sites is 1. The molecule has 0 radical (unpaired) electrons. The maximum Gasteiger partial charge on any atom is 0.297 e. The summed E-state index contributed by atoms with van der Waals surface area (Å²) >= 11 is 0. The van der Waals surface area contributed by atoms with Gasteiger partial charge in [-0.05, 0) is 35.9 Å². The van der Waals surface area contributed by atoms with Crippen LogP contribution in [-0.2, 0) is 4.79 Å². The van der Waals surface area contributed by atoms with Gasteiger partial charge in [-0.1, -0.05) is 72.8 Å². The molecule has 5 aromatic rings. The molecule has 0 fully saturated rings. The lowest BCUT2D eigenvalue weighted by atomic mass is 10.1. The van der Waals surface area contributed by atoms with Crippen LogP contribution in [0.3, 0.4) is 0 Å². The Hall–Kier alpha value is -5.70. The van der Waals surface area contributed by atoms with E-state index in [0.717, 1.165) is 0 Å². The van der Waals surface area contributed by atoms with Gasteiger partial charge in [0.15, 0.2) is 23.2 Å². The number of carbonyl (C=O) groups is 1. The highest BCUT2D eigenvalue weighted by Crippen LogP contribution is 2.39. The number of hydrogen-bond acceptors (Lipinski definition) is 7. The van der Waals surface area contributed by atoms with Crippen LogP contribution in [0.2, 0.25) is 0 Å². The van der Waals surface area contributed by atoms with Crippen molar-refractivity contribution < 1.29 is 19.0 Å². The first kappa shape index (κ1) is 26.5. The molecule has 0 bridgehead atoms. The standard InChI is InChI=1S/C33H26N4O5/c1-40-27-19-21(20-28(41-2)29(27)42-3)18-26-33(39)37(31(35-26)23-14-8-5-9-15-23)36-30(22-12-6-4-7-13-22)34-25-17-11-10-16-24(25)32(36)38/h4-20H,1-3H3/b26-18+. The van der Waals surface area contributed by atoms with Crippen LogP contribution in [0.4, 0.5) is 0 Å². The molecular formula is C33H26N4O5. The zero-order valence-corrected chi connectivity index (χ0v) is 23.1. The summed E-state index contributed by atoms with van der Waals surface area (Å²) in [6, 6.07) is 29.0. The minimum Gasteiger partial charge on any atom is -0.493 e. The van der Waals surface area contributed by atoms with Gasteiger partial charge in [-0.3, -0.25) is 9.59 Å². The lowest BCUT2D eigenvalue weighted by Gasteiger charge is -2.23. The fourth-order valence-electron chi connectivity index (χ4n) is 4.89. The number of amidine groups is 1. The van der Waals surface area contributed by atoms with E-state index in [1.54, 1.807) is 36.4 Å². The molecule has 4 aromatic carbocycles. The molecule has 1 amide bonds. The number of carbonyl (C=O) groups excluding carboxylic acids is 1. The number of aromatic nitrogens is 2. The predicted octanol–water partition coefficient (Wildman–Crippen LogP) is 5.06. The molecule has 9 heteroatoms. The average molecular weight is 559 g/mol. The number of aliphatic imine (C=N–C) groups is 1. The minimum atomic E-state index is -0.501. The van der Waals surface area contributed by atoms with Crippen LogP contribution in [0, 0.1) is 0 Å². The van der Waals surface area contributed by atoms with Crippen LogP contribution < -0.4 is 24.8 Å². The first-order valence-electron chi connectivity index (χ1n) is 13.1. The molecule has 0 spiro atoms. The highest BCUT2D eigenvalue weighted by Gasteiger charge is 2.36. The predicted molar refractivity (Wildman–Crippen MR) is 162 cm³/mol. The lowest BCUT2D eigenvalue weighted by molar-refractivity contribution is -0.115. The number of rotatable bonds is 7. The van der Waals surface area contributed by atoms with Gasteiger partial charge >= 0.3 is 0 Å². The van der Waals surface area contributed by atoms with E-state index in [2.05, 4.69) is 0 Å². The van der Waals surface area contributed by atoms with E-state index in [9.17, 15) is 9.59 Å². The van der Waals surface area contributed by atoms with E-state index in [-0.39, 0.29) is 11.5 Å². The Labute approximate surface area is 241 Å². The Bertz CT molecular complexity index is 1910. The maximum absolute atomic E-state index is 14.3. The summed E-state index contributed by atoms with van der Waals surface area (Å²) in [6.45, 7) is 0. The van der Waals surface area contributed by atoms with Crippen LogP contribution in [0.15, 0.2) is 113 Å². The zero-order valence-electron chi connectivity index (χ0n) is 23.1. The van der Waals surface area contributed by atoms with Gasteiger partial charge in [0.25, 0.3) is 11.5 Å². The zero-order chi connectivity index (χ0) is 29.2. The summed E-state index contributed by atoms with van der Waals surface area (Å²) < 4.78 is 17.7. The molecule has 208 valence electrons. The molecule has 1 aromatic heterocycles. The van der Waals surface area contributed by atoms with Crippen molar-refractivity contribution in [2.45, 2.75) is 0 Å². The number of fused-ring (bicyclic) bond motifs is 1. The Balaban J connectivity index is 1.60. The Morgan fingerprint density at radius 2 is 1.31 bits per heavy atom. The van der Waals surface area contributed by atoms with E-state index in [1.807, 2.05) is 66.7 Å². The summed E-state index contributed by atoms with van der Waals surface area (Å²) in [6.07, 6.45) is 1.62. The molecule has 0 saturated carbocycles. The average Bonchev–Trinajstić information content (AvgIpc) is 3.36. The summed E-state index contributed by atoms with van der Waals surface area (Å²) in [4.78, 5) is 38.0. The molecule has 0 N–H and O–H groups in total. The van der Waals surface area contributed by atoms with E-state index in [1.165, 1.54) is 31.0 Å². The molecule has 0 saturated heterocycles. The highest BCUT2D eigenvalue weighted by atomic mass is 16.5. The molecule has 1 aliphatic heterocycles. The van der Waals surface area contributed by atoms with E-state index in [0.29, 0.717) is 50.7 Å². The highest BCUT2D eigenvalue weighted by molar-refractivity contribution is 6.29. The third-order valence-corrected chi connectivity index (χ3v) is 6.85. The van der Waals surface area contributed by atoms with Crippen LogP contribution in [0.1, 0.15) is 11.1 Å². The monoisotopic (exact) mass is 558 g/mol. The van der Waals surface area contributed by atoms with Gasteiger partial charge in [0.05, 0.1) is 32.2 Å². The first-order valence-corrected chi connectivity index (χ1v) is 13.1. The Kier molecular flexibility index (Phi) is 6.98. The molecule has 0 atom stereocenters. The van der Waals surface area contributed by atoms with Gasteiger partial charge in [0.1, 0.15) is 5.70 Å². The number of nitrogens with zero attached hydrogens (tertiary/aromatic N) is 4. The van der Waals surface area contributed by atoms with Crippen molar-refractivity contribution in [3.8, 4) is 28.6 Å². The third kappa shape index (κ3) is 4.56. The van der Waals surface area contributed by atoms with Crippen LogP contribution in [0.5, 0.6) is 17.2 Å². The van der Waals surface area contributed by atoms with Gasteiger partial charge in [0.2, 0.25) is 5.75 Å². The molecule has 42 heavy (non-hydrogen) atoms. The van der Waals surface area contributed by atoms with Crippen molar-refractivity contribution in [1.29, 1.82) is 0 Å². The third-order valence-electron chi connectivity index (χ3n) is 6.85. The molecule has 0 aliphatic carbocycles. The Morgan fingerprint density at radius 1 is 0.714 bits per heavy atom. The van der Waals surface area contributed by atoms with Crippen molar-refractivity contribution in [1.82, 2.24) is 9.66 Å². The van der Waals surface area contributed by atoms with Crippen molar-refractivity contribution >= 4 is 28.7 Å². The SMILES string of the molecule is COc1cc(/C=C2/N=C(c3ccccc3)N(n3c(-c4ccccc4)nc4ccccc4c3=O)C2=O)cc(OC)c1OC. The lowest BCUT2D eigenvalue weighted by Crippen LogP contribution is -2.49. The van der Waals surface area contributed by atoms with Crippen LogP contribution >= 0.6 is 0 Å². The fraction of sp³-hybridized carbons (Fsp3) is 0.0909. The molecule has 1 aliphatic rings. The van der Waals surface area contributed by atoms with Crippen molar-refractivity contribution in [2.75, 3.05) is 26.3 Å². The number of amides is 1. The van der Waals surface area contributed by atoms with Crippen molar-refractivity contribution in [2.24, 2.45) is 4.99 Å². The normalized spacial score (nSPS) is 13.9. The topological polar surface area (TPSA) is 95.2 Å². The van der Waals surface area contributed by atoms with Gasteiger partial charge in [-0.15, -0.1) is 0 Å². The summed E-state index contributed by atoms with van der Waals surface area (Å²) in [5.41, 5.74) is 2.15. The minimum absolute atomic E-state index is 0.113. The molecule has 6 rings (SSSR count). The van der Waals surface area contributed by atoms with Gasteiger partial charge < -0.3 is 14.2 Å². The van der Waals surface area contributed by atoms with Crippen LogP contribution in [-0.4, -0.2) is 42.7 Å². The van der Waals surface area contributed by atoms with Crippen LogP contribution in [0.25, 0.3) is 28.4 Å². The van der Waals surface area contributed by atoms with E-state index < -0.39 is 11.5 Å². The summed E-state index contributed by atoms with van der Waals surface area (Å²) in [5.74, 6) is 1.38. The van der Waals surface area contributed by atoms with Crippen molar-refractivity contribution in [3.63, 3.8) is 0 Å². The molecule has 2 heterocycles. The number of ether oxygens (including phenoxy) is 3. The number of methoxy groups -OCH3 is 3. The van der Waals surface area contributed by atoms with E-state index in [4.69, 9.17) is 24.2 Å². The number of hydrogen-bond donors (Lipinski definition) is 0. The van der Waals surface area contributed by atoms with Gasteiger partial charge in [-0.25, -0.2) is 9.98 Å². The maximum atomic E-state index is 14.3. The molecule has 0 unspecified atom stereocenters. The molecule has 9 nitrogen and oxygen atoms in total. The second-order valence-electron chi connectivity index (χ2n) is 9.34. The summed E-state index contributed by atoms with van der Waals surface area (Å²) in [7, 11) is 4.56. The second kappa shape index (κ2) is 11.1. The first-order chi connectivity index (χ1) is 20.5. The largest absolute Gasteiger partial charge is 0.493 e.